The lowest BCUT2D eigenvalue weighted by Gasteiger charge is -2.29. The van der Waals surface area contributed by atoms with Crippen LogP contribution in [0.15, 0.2) is 48.5 Å². The summed E-state index contributed by atoms with van der Waals surface area (Å²) < 4.78 is 23.7. The van der Waals surface area contributed by atoms with Crippen molar-refractivity contribution >= 4 is 17.9 Å². The van der Waals surface area contributed by atoms with Gasteiger partial charge in [0, 0.05) is 36.7 Å². The lowest BCUT2D eigenvalue weighted by atomic mass is 10.0. The van der Waals surface area contributed by atoms with E-state index in [1.807, 2.05) is 37.3 Å². The van der Waals surface area contributed by atoms with E-state index in [1.54, 1.807) is 18.2 Å². The molecule has 0 amide bonds. The van der Waals surface area contributed by atoms with E-state index in [0.29, 0.717) is 23.7 Å². The van der Waals surface area contributed by atoms with Crippen LogP contribution in [-0.2, 0) is 29.6 Å². The summed E-state index contributed by atoms with van der Waals surface area (Å²) >= 11 is 0. The van der Waals surface area contributed by atoms with Gasteiger partial charge in [0.25, 0.3) is 5.79 Å². The van der Waals surface area contributed by atoms with Crippen LogP contribution in [0, 0.1) is 0 Å². The van der Waals surface area contributed by atoms with Crippen molar-refractivity contribution in [2.24, 2.45) is 0 Å². The lowest BCUT2D eigenvalue weighted by molar-refractivity contribution is -0.345. The Morgan fingerprint density at radius 2 is 1.64 bits per heavy atom. The first kappa shape index (κ1) is 26.9. The Hall–Kier alpha value is -3.67. The van der Waals surface area contributed by atoms with Gasteiger partial charge in [-0.2, -0.15) is 0 Å². The number of rotatable bonds is 8. The van der Waals surface area contributed by atoms with Gasteiger partial charge in [0.2, 0.25) is 0 Å². The summed E-state index contributed by atoms with van der Waals surface area (Å²) in [5.74, 6) is -6.05. The molecule has 36 heavy (non-hydrogen) atoms. The summed E-state index contributed by atoms with van der Waals surface area (Å²) in [5, 5.41) is 29.3. The molecule has 4 rings (SSSR count). The number of carbonyl (C=O) groups is 3. The standard InChI is InChI=1S/C23H27NO6.C2H2O4/c1-17(28-15-12-24-10-13-27-14-11-24)19-8-5-9-20-22(19)30-23(29-20,16-21(25)26)18-6-3-2-4-7-18;3-1(4)2(5)6/h2-9,17H,10-16H2,1H3,(H,25,26);(H,3,4)(H,5,6)/p-3. The van der Waals surface area contributed by atoms with Crippen LogP contribution >= 0.6 is 0 Å². The van der Waals surface area contributed by atoms with Gasteiger partial charge >= 0.3 is 0 Å². The Labute approximate surface area is 207 Å². The number of hydrogen-bond acceptors (Lipinski definition) is 11. The van der Waals surface area contributed by atoms with Gasteiger partial charge in [-0.3, -0.25) is 4.90 Å². The normalized spacial score (nSPS) is 19.6. The molecule has 1 fully saturated rings. The van der Waals surface area contributed by atoms with Crippen molar-refractivity contribution < 1.29 is 48.7 Å². The van der Waals surface area contributed by atoms with Crippen molar-refractivity contribution in [3.63, 3.8) is 0 Å². The topological polar surface area (TPSA) is 161 Å². The van der Waals surface area contributed by atoms with Gasteiger partial charge in [0.1, 0.15) is 0 Å². The second-order valence-electron chi connectivity index (χ2n) is 8.09. The molecule has 2 aliphatic heterocycles. The highest BCUT2D eigenvalue weighted by Crippen LogP contribution is 2.49. The van der Waals surface area contributed by atoms with Crippen LogP contribution in [0.4, 0.5) is 0 Å². The highest BCUT2D eigenvalue weighted by molar-refractivity contribution is 6.25. The maximum Gasteiger partial charge on any atom is 0.283 e. The molecule has 0 bridgehead atoms. The van der Waals surface area contributed by atoms with Crippen LogP contribution < -0.4 is 24.8 Å². The number of benzene rings is 2. The van der Waals surface area contributed by atoms with Crippen LogP contribution in [0.25, 0.3) is 0 Å². The summed E-state index contributed by atoms with van der Waals surface area (Å²) in [4.78, 5) is 31.6. The van der Waals surface area contributed by atoms with E-state index in [1.165, 1.54) is 0 Å². The van der Waals surface area contributed by atoms with Gasteiger partial charge in [0.15, 0.2) is 11.5 Å². The van der Waals surface area contributed by atoms with E-state index in [0.717, 1.165) is 38.4 Å². The SMILES string of the molecule is CC(OCCN1CCOCC1)c1cccc2c1OC(CC(=O)[O-])(c1ccccc1)O2.O=C([O-])C(=O)[O-]. The first-order valence-corrected chi connectivity index (χ1v) is 11.3. The third-order valence-electron chi connectivity index (χ3n) is 5.63. The molecule has 0 aromatic heterocycles. The zero-order valence-electron chi connectivity index (χ0n) is 19.7. The van der Waals surface area contributed by atoms with Crippen LogP contribution in [0.3, 0.4) is 0 Å². The summed E-state index contributed by atoms with van der Waals surface area (Å²) in [6, 6.07) is 14.6. The summed E-state index contributed by atoms with van der Waals surface area (Å²) in [5.41, 5.74) is 1.45. The van der Waals surface area contributed by atoms with Crippen molar-refractivity contribution in [1.29, 1.82) is 0 Å². The second kappa shape index (κ2) is 12.3. The van der Waals surface area contributed by atoms with Crippen LogP contribution in [0.5, 0.6) is 11.5 Å². The highest BCUT2D eigenvalue weighted by atomic mass is 16.7. The fourth-order valence-corrected chi connectivity index (χ4v) is 3.85. The quantitative estimate of drug-likeness (QED) is 0.382. The number of nitrogens with zero attached hydrogens (tertiary/aromatic N) is 1. The van der Waals surface area contributed by atoms with Crippen molar-refractivity contribution in [2.75, 3.05) is 39.5 Å². The minimum Gasteiger partial charge on any atom is -0.550 e. The Bertz CT molecular complexity index is 1040. The summed E-state index contributed by atoms with van der Waals surface area (Å²) in [6.07, 6.45) is -0.656. The number of carboxylic acid groups (broad SMARTS) is 3. The molecule has 2 aromatic rings. The number of ether oxygens (including phenoxy) is 4. The Morgan fingerprint density at radius 1 is 0.972 bits per heavy atom. The Morgan fingerprint density at radius 3 is 2.25 bits per heavy atom. The van der Waals surface area contributed by atoms with Crippen molar-refractivity contribution in [1.82, 2.24) is 4.90 Å². The van der Waals surface area contributed by atoms with Gasteiger partial charge in [-0.25, -0.2) is 0 Å². The molecule has 0 saturated carbocycles. The minimum atomic E-state index is -2.19. The fraction of sp³-hybridized carbons (Fsp3) is 0.400. The Balaban J connectivity index is 0.000000538. The first-order chi connectivity index (χ1) is 17.2. The number of para-hydroxylation sites is 1. The molecular weight excluding hydrogens is 474 g/mol. The number of hydrogen-bond donors (Lipinski definition) is 0. The second-order valence-corrected chi connectivity index (χ2v) is 8.09. The minimum absolute atomic E-state index is 0.237. The monoisotopic (exact) mass is 500 g/mol. The maximum atomic E-state index is 11.5. The molecule has 2 unspecified atom stereocenters. The molecule has 194 valence electrons. The van der Waals surface area contributed by atoms with Crippen molar-refractivity contribution in [3.05, 3.63) is 59.7 Å². The van der Waals surface area contributed by atoms with Gasteiger partial charge in [0.05, 0.1) is 44.3 Å². The van der Waals surface area contributed by atoms with Crippen LogP contribution in [0.2, 0.25) is 0 Å². The predicted octanol–water partition coefficient (Wildman–Crippen LogP) is -1.65. The highest BCUT2D eigenvalue weighted by Gasteiger charge is 2.45. The largest absolute Gasteiger partial charge is 0.550 e. The van der Waals surface area contributed by atoms with Gasteiger partial charge in [-0.1, -0.05) is 42.5 Å². The molecule has 11 nitrogen and oxygen atoms in total. The summed E-state index contributed by atoms with van der Waals surface area (Å²) in [7, 11) is 0. The van der Waals surface area contributed by atoms with Crippen molar-refractivity contribution in [2.45, 2.75) is 25.2 Å². The molecule has 2 heterocycles. The third-order valence-corrected chi connectivity index (χ3v) is 5.63. The molecule has 11 heteroatoms. The molecule has 0 radical (unpaired) electrons. The predicted molar refractivity (Wildman–Crippen MR) is 117 cm³/mol. The number of morpholine rings is 1. The van der Waals surface area contributed by atoms with E-state index < -0.39 is 30.1 Å². The Kier molecular flexibility index (Phi) is 9.23. The maximum absolute atomic E-state index is 11.5. The molecular formula is C25H26NO10-3. The summed E-state index contributed by atoms with van der Waals surface area (Å²) in [6.45, 7) is 6.71. The van der Waals surface area contributed by atoms with E-state index in [2.05, 4.69) is 4.90 Å². The zero-order chi connectivity index (χ0) is 26.1. The van der Waals surface area contributed by atoms with Crippen LogP contribution in [-0.4, -0.2) is 62.3 Å². The van der Waals surface area contributed by atoms with E-state index in [-0.39, 0.29) is 6.10 Å². The smallest absolute Gasteiger partial charge is 0.283 e. The third kappa shape index (κ3) is 6.94. The molecule has 0 N–H and O–H groups in total. The number of carboxylic acids is 3. The van der Waals surface area contributed by atoms with Gasteiger partial charge in [-0.15, -0.1) is 0 Å². The first-order valence-electron chi connectivity index (χ1n) is 11.3. The molecule has 2 atom stereocenters. The average molecular weight is 500 g/mol. The van der Waals surface area contributed by atoms with Gasteiger partial charge < -0.3 is 48.7 Å². The molecule has 1 saturated heterocycles. The average Bonchev–Trinajstić information content (AvgIpc) is 3.24. The molecule has 2 aliphatic rings. The zero-order valence-corrected chi connectivity index (χ0v) is 19.7. The van der Waals surface area contributed by atoms with Crippen LogP contribution in [0.1, 0.15) is 30.6 Å². The van der Waals surface area contributed by atoms with Crippen molar-refractivity contribution in [3.8, 4) is 11.5 Å². The van der Waals surface area contributed by atoms with E-state index in [4.69, 9.17) is 38.7 Å². The molecule has 0 spiro atoms. The number of fused-ring (bicyclic) bond motifs is 1. The molecule has 2 aromatic carbocycles. The van der Waals surface area contributed by atoms with Gasteiger partial charge in [-0.05, 0) is 13.0 Å². The van der Waals surface area contributed by atoms with E-state index >= 15 is 0 Å². The fourth-order valence-electron chi connectivity index (χ4n) is 3.85. The number of carbonyl (C=O) groups excluding carboxylic acids is 3. The number of aliphatic carboxylic acids is 3. The van der Waals surface area contributed by atoms with E-state index in [9.17, 15) is 9.90 Å². The molecule has 0 aliphatic carbocycles. The lowest BCUT2D eigenvalue weighted by Crippen LogP contribution is -2.42.